The second-order valence-electron chi connectivity index (χ2n) is 3.83. The number of carbonyl (C=O) groups is 1. The number of hydrogen-bond acceptors (Lipinski definition) is 6. The Morgan fingerprint density at radius 2 is 2.00 bits per heavy atom. The zero-order valence-electron chi connectivity index (χ0n) is 10.6. The standard InChI is InChI=1S/C12H12N2O4S2/c1-2-18-12(15)10-7-19-11(14-10)8-3-5-9(6-4-8)20(13,16)17/h3-7H,2H2,1H3,(H2,13,16,17). The molecule has 0 radical (unpaired) electrons. The van der Waals surface area contributed by atoms with Crippen LogP contribution in [0.25, 0.3) is 10.6 Å². The molecule has 6 nitrogen and oxygen atoms in total. The maximum absolute atomic E-state index is 11.5. The van der Waals surface area contributed by atoms with E-state index in [2.05, 4.69) is 4.98 Å². The molecule has 0 aliphatic heterocycles. The number of thiazole rings is 1. The van der Waals surface area contributed by atoms with Crippen LogP contribution in [0.15, 0.2) is 34.5 Å². The first-order chi connectivity index (χ1) is 9.41. The minimum atomic E-state index is -3.71. The summed E-state index contributed by atoms with van der Waals surface area (Å²) in [6.07, 6.45) is 0. The molecule has 0 atom stereocenters. The van der Waals surface area contributed by atoms with E-state index in [0.29, 0.717) is 10.6 Å². The fraction of sp³-hybridized carbons (Fsp3) is 0.167. The average molecular weight is 312 g/mol. The number of nitrogens with two attached hydrogens (primary N) is 1. The van der Waals surface area contributed by atoms with Crippen molar-refractivity contribution in [2.75, 3.05) is 6.61 Å². The summed E-state index contributed by atoms with van der Waals surface area (Å²) in [7, 11) is -3.71. The van der Waals surface area contributed by atoms with E-state index in [9.17, 15) is 13.2 Å². The summed E-state index contributed by atoms with van der Waals surface area (Å²) in [6.45, 7) is 2.01. The molecule has 20 heavy (non-hydrogen) atoms. The Hall–Kier alpha value is -1.77. The van der Waals surface area contributed by atoms with Gasteiger partial charge in [-0.1, -0.05) is 12.1 Å². The summed E-state index contributed by atoms with van der Waals surface area (Å²) >= 11 is 1.28. The molecular weight excluding hydrogens is 300 g/mol. The molecule has 2 N–H and O–H groups in total. The molecule has 0 saturated heterocycles. The molecule has 1 heterocycles. The van der Waals surface area contributed by atoms with Gasteiger partial charge in [-0.2, -0.15) is 0 Å². The van der Waals surface area contributed by atoms with E-state index in [4.69, 9.17) is 9.88 Å². The van der Waals surface area contributed by atoms with Crippen molar-refractivity contribution in [2.24, 2.45) is 5.14 Å². The lowest BCUT2D eigenvalue weighted by molar-refractivity contribution is 0.0520. The van der Waals surface area contributed by atoms with Crippen LogP contribution in [0.5, 0.6) is 0 Å². The van der Waals surface area contributed by atoms with Crippen molar-refractivity contribution >= 4 is 27.3 Å². The number of carbonyl (C=O) groups excluding carboxylic acids is 1. The molecule has 8 heteroatoms. The van der Waals surface area contributed by atoms with Crippen LogP contribution in [-0.4, -0.2) is 26.0 Å². The molecule has 0 saturated carbocycles. The van der Waals surface area contributed by atoms with Gasteiger partial charge in [0.25, 0.3) is 0 Å². The molecule has 2 aromatic rings. The lowest BCUT2D eigenvalue weighted by atomic mass is 10.2. The summed E-state index contributed by atoms with van der Waals surface area (Å²) in [5.41, 5.74) is 0.945. The van der Waals surface area contributed by atoms with E-state index in [1.54, 1.807) is 24.4 Å². The van der Waals surface area contributed by atoms with E-state index >= 15 is 0 Å². The number of benzene rings is 1. The number of sulfonamides is 1. The van der Waals surface area contributed by atoms with Crippen LogP contribution >= 0.6 is 11.3 Å². The van der Waals surface area contributed by atoms with Crippen molar-refractivity contribution in [1.82, 2.24) is 4.98 Å². The Bertz CT molecular complexity index is 720. The number of hydrogen-bond donors (Lipinski definition) is 1. The first kappa shape index (κ1) is 14.6. The topological polar surface area (TPSA) is 99.4 Å². The Kier molecular flexibility index (Phi) is 4.17. The van der Waals surface area contributed by atoms with Gasteiger partial charge < -0.3 is 4.74 Å². The summed E-state index contributed by atoms with van der Waals surface area (Å²) in [5.74, 6) is -0.476. The summed E-state index contributed by atoms with van der Waals surface area (Å²) in [5, 5.41) is 7.22. The van der Waals surface area contributed by atoms with Gasteiger partial charge in [-0.15, -0.1) is 11.3 Å². The molecule has 1 aromatic heterocycles. The summed E-state index contributed by atoms with van der Waals surface area (Å²) < 4.78 is 27.1. The van der Waals surface area contributed by atoms with Gasteiger partial charge in [0.15, 0.2) is 5.69 Å². The van der Waals surface area contributed by atoms with Crippen molar-refractivity contribution in [3.8, 4) is 10.6 Å². The van der Waals surface area contributed by atoms with E-state index in [-0.39, 0.29) is 17.2 Å². The van der Waals surface area contributed by atoms with Crippen LogP contribution in [0.4, 0.5) is 0 Å². The molecule has 1 aromatic carbocycles. The van der Waals surface area contributed by atoms with E-state index in [1.165, 1.54) is 23.5 Å². The summed E-state index contributed by atoms with van der Waals surface area (Å²) in [4.78, 5) is 15.7. The lowest BCUT2D eigenvalue weighted by Gasteiger charge is -2.00. The number of aromatic nitrogens is 1. The number of nitrogens with zero attached hydrogens (tertiary/aromatic N) is 1. The maximum atomic E-state index is 11.5. The van der Waals surface area contributed by atoms with E-state index in [0.717, 1.165) is 0 Å². The van der Waals surface area contributed by atoms with E-state index < -0.39 is 16.0 Å². The minimum Gasteiger partial charge on any atom is -0.461 e. The van der Waals surface area contributed by atoms with Gasteiger partial charge in [0.2, 0.25) is 10.0 Å². The van der Waals surface area contributed by atoms with Crippen LogP contribution in [0, 0.1) is 0 Å². The smallest absolute Gasteiger partial charge is 0.357 e. The minimum absolute atomic E-state index is 0.0309. The van der Waals surface area contributed by atoms with Gasteiger partial charge >= 0.3 is 5.97 Å². The predicted molar refractivity (Wildman–Crippen MR) is 74.9 cm³/mol. The lowest BCUT2D eigenvalue weighted by Crippen LogP contribution is -2.11. The third-order valence-electron chi connectivity index (χ3n) is 2.42. The molecule has 0 fully saturated rings. The second kappa shape index (κ2) is 5.70. The Morgan fingerprint density at radius 3 is 2.55 bits per heavy atom. The molecule has 0 spiro atoms. The number of primary sulfonamides is 1. The Balaban J connectivity index is 2.27. The Morgan fingerprint density at radius 1 is 1.35 bits per heavy atom. The quantitative estimate of drug-likeness (QED) is 0.865. The molecule has 106 valence electrons. The fourth-order valence-corrected chi connectivity index (χ4v) is 2.80. The van der Waals surface area contributed by atoms with Crippen molar-refractivity contribution < 1.29 is 17.9 Å². The largest absolute Gasteiger partial charge is 0.461 e. The van der Waals surface area contributed by atoms with E-state index in [1.807, 2.05) is 0 Å². The predicted octanol–water partition coefficient (Wildman–Crippen LogP) is 1.63. The van der Waals surface area contributed by atoms with Gasteiger partial charge in [-0.3, -0.25) is 0 Å². The first-order valence-corrected chi connectivity index (χ1v) is 8.10. The molecule has 0 unspecified atom stereocenters. The van der Waals surface area contributed by atoms with Gasteiger partial charge in [-0.05, 0) is 19.1 Å². The summed E-state index contributed by atoms with van der Waals surface area (Å²) in [6, 6.07) is 5.98. The van der Waals surface area contributed by atoms with Crippen molar-refractivity contribution in [3.05, 3.63) is 35.3 Å². The highest BCUT2D eigenvalue weighted by molar-refractivity contribution is 7.89. The normalized spacial score (nSPS) is 11.3. The number of esters is 1. The second-order valence-corrected chi connectivity index (χ2v) is 6.25. The molecule has 0 amide bonds. The van der Waals surface area contributed by atoms with Crippen molar-refractivity contribution in [1.29, 1.82) is 0 Å². The monoisotopic (exact) mass is 312 g/mol. The molecule has 2 rings (SSSR count). The van der Waals surface area contributed by atoms with Crippen LogP contribution in [0.2, 0.25) is 0 Å². The van der Waals surface area contributed by atoms with Gasteiger partial charge in [-0.25, -0.2) is 23.3 Å². The van der Waals surface area contributed by atoms with Crippen LogP contribution in [-0.2, 0) is 14.8 Å². The third kappa shape index (κ3) is 3.21. The SMILES string of the molecule is CCOC(=O)c1csc(-c2ccc(S(N)(=O)=O)cc2)n1. The molecule has 0 aliphatic carbocycles. The highest BCUT2D eigenvalue weighted by Gasteiger charge is 2.13. The van der Waals surface area contributed by atoms with Crippen LogP contribution < -0.4 is 5.14 Å². The molecule has 0 aliphatic rings. The highest BCUT2D eigenvalue weighted by Crippen LogP contribution is 2.25. The molecule has 0 bridgehead atoms. The fourth-order valence-electron chi connectivity index (χ4n) is 1.49. The number of rotatable bonds is 4. The Labute approximate surface area is 120 Å². The van der Waals surface area contributed by atoms with Crippen molar-refractivity contribution in [2.45, 2.75) is 11.8 Å². The first-order valence-electron chi connectivity index (χ1n) is 5.67. The zero-order valence-corrected chi connectivity index (χ0v) is 12.2. The van der Waals surface area contributed by atoms with Crippen LogP contribution in [0.3, 0.4) is 0 Å². The average Bonchev–Trinajstić information content (AvgIpc) is 2.88. The number of ether oxygens (including phenoxy) is 1. The van der Waals surface area contributed by atoms with Crippen LogP contribution in [0.1, 0.15) is 17.4 Å². The van der Waals surface area contributed by atoms with Gasteiger partial charge in [0.05, 0.1) is 11.5 Å². The van der Waals surface area contributed by atoms with Gasteiger partial charge in [0, 0.05) is 10.9 Å². The third-order valence-corrected chi connectivity index (χ3v) is 4.24. The highest BCUT2D eigenvalue weighted by atomic mass is 32.2. The van der Waals surface area contributed by atoms with Crippen molar-refractivity contribution in [3.63, 3.8) is 0 Å². The van der Waals surface area contributed by atoms with Gasteiger partial charge in [0.1, 0.15) is 5.01 Å². The molecular formula is C12H12N2O4S2. The zero-order chi connectivity index (χ0) is 14.8. The maximum Gasteiger partial charge on any atom is 0.357 e.